The van der Waals surface area contributed by atoms with E-state index in [1.54, 1.807) is 7.11 Å². The van der Waals surface area contributed by atoms with E-state index in [1.807, 2.05) is 11.8 Å². The Kier molecular flexibility index (Phi) is 11.5. The smallest absolute Gasteiger partial charge is 0.0470 e. The molecule has 2 nitrogen and oxygen atoms in total. The average molecular weight is 191 g/mol. The third kappa shape index (κ3) is 10.3. The van der Waals surface area contributed by atoms with Gasteiger partial charge in [-0.1, -0.05) is 6.92 Å². The van der Waals surface area contributed by atoms with E-state index < -0.39 is 0 Å². The van der Waals surface area contributed by atoms with Gasteiger partial charge in [0, 0.05) is 26.0 Å². The van der Waals surface area contributed by atoms with Crippen molar-refractivity contribution in [1.29, 1.82) is 0 Å². The Morgan fingerprint density at radius 3 is 2.75 bits per heavy atom. The topological polar surface area (TPSA) is 21.3 Å². The van der Waals surface area contributed by atoms with Crippen LogP contribution in [0, 0.1) is 0 Å². The lowest BCUT2D eigenvalue weighted by Crippen LogP contribution is -2.17. The van der Waals surface area contributed by atoms with Gasteiger partial charge in [0.1, 0.15) is 0 Å². The minimum Gasteiger partial charge on any atom is -0.385 e. The average Bonchev–Trinajstić information content (AvgIpc) is 2.10. The molecule has 0 atom stereocenters. The molecule has 0 heterocycles. The van der Waals surface area contributed by atoms with Gasteiger partial charge in [-0.25, -0.2) is 0 Å². The first kappa shape index (κ1) is 12.3. The summed E-state index contributed by atoms with van der Waals surface area (Å²) in [5, 5.41) is 3.37. The van der Waals surface area contributed by atoms with Crippen LogP contribution in [-0.2, 0) is 4.74 Å². The number of nitrogens with one attached hydrogen (secondary N) is 1. The quantitative estimate of drug-likeness (QED) is 0.561. The molecule has 0 aromatic heterocycles. The highest BCUT2D eigenvalue weighted by atomic mass is 32.2. The lowest BCUT2D eigenvalue weighted by Gasteiger charge is -2.02. The van der Waals surface area contributed by atoms with Crippen LogP contribution in [0.3, 0.4) is 0 Å². The summed E-state index contributed by atoms with van der Waals surface area (Å²) in [6.45, 7) is 5.39. The molecule has 0 amide bonds. The molecule has 0 aliphatic rings. The van der Waals surface area contributed by atoms with Crippen molar-refractivity contribution >= 4 is 11.8 Å². The van der Waals surface area contributed by atoms with Crippen molar-refractivity contribution in [3.63, 3.8) is 0 Å². The van der Waals surface area contributed by atoms with Gasteiger partial charge in [-0.05, 0) is 25.1 Å². The van der Waals surface area contributed by atoms with Gasteiger partial charge in [0.2, 0.25) is 0 Å². The first-order valence-corrected chi connectivity index (χ1v) is 5.84. The lowest BCUT2D eigenvalue weighted by atomic mass is 10.5. The van der Waals surface area contributed by atoms with Crippen molar-refractivity contribution in [2.45, 2.75) is 19.8 Å². The monoisotopic (exact) mass is 191 g/mol. The van der Waals surface area contributed by atoms with Crippen LogP contribution in [-0.4, -0.2) is 38.3 Å². The maximum Gasteiger partial charge on any atom is 0.0470 e. The third-order valence-corrected chi connectivity index (χ3v) is 2.56. The number of hydrogen-bond donors (Lipinski definition) is 1. The van der Waals surface area contributed by atoms with E-state index in [0.29, 0.717) is 0 Å². The van der Waals surface area contributed by atoms with Crippen LogP contribution in [0.1, 0.15) is 19.8 Å². The van der Waals surface area contributed by atoms with E-state index in [-0.39, 0.29) is 0 Å². The molecule has 0 bridgehead atoms. The van der Waals surface area contributed by atoms with Crippen LogP contribution in [0.4, 0.5) is 0 Å². The maximum atomic E-state index is 4.96. The minimum absolute atomic E-state index is 0.898. The summed E-state index contributed by atoms with van der Waals surface area (Å²) in [6, 6.07) is 0. The second kappa shape index (κ2) is 11.3. The molecule has 12 heavy (non-hydrogen) atoms. The fraction of sp³-hybridized carbons (Fsp3) is 1.00. The molecule has 0 saturated heterocycles. The van der Waals surface area contributed by atoms with E-state index in [4.69, 9.17) is 4.74 Å². The van der Waals surface area contributed by atoms with Gasteiger partial charge in [0.15, 0.2) is 0 Å². The molecule has 0 aliphatic carbocycles. The summed E-state index contributed by atoms with van der Waals surface area (Å²) >= 11 is 2.00. The van der Waals surface area contributed by atoms with E-state index in [9.17, 15) is 0 Å². The van der Waals surface area contributed by atoms with Gasteiger partial charge in [-0.3, -0.25) is 0 Å². The fourth-order valence-electron chi connectivity index (χ4n) is 0.854. The third-order valence-electron chi connectivity index (χ3n) is 1.49. The molecule has 0 aromatic rings. The molecule has 0 unspecified atom stereocenters. The molecule has 0 rings (SSSR count). The number of hydrogen-bond acceptors (Lipinski definition) is 3. The predicted octanol–water partition coefficient (Wildman–Crippen LogP) is 1.76. The first-order valence-electron chi connectivity index (χ1n) is 4.69. The molecule has 0 fully saturated rings. The second-order valence-electron chi connectivity index (χ2n) is 2.71. The highest BCUT2D eigenvalue weighted by Gasteiger charge is 1.89. The highest BCUT2D eigenvalue weighted by Crippen LogP contribution is 2.00. The summed E-state index contributed by atoms with van der Waals surface area (Å²) < 4.78 is 4.96. The number of methoxy groups -OCH3 is 1. The molecule has 74 valence electrons. The van der Waals surface area contributed by atoms with Gasteiger partial charge >= 0.3 is 0 Å². The molecule has 1 N–H and O–H groups in total. The van der Waals surface area contributed by atoms with E-state index >= 15 is 0 Å². The second-order valence-corrected chi connectivity index (χ2v) is 3.93. The first-order chi connectivity index (χ1) is 5.91. The lowest BCUT2D eigenvalue weighted by molar-refractivity contribution is 0.200. The fourth-order valence-corrected chi connectivity index (χ4v) is 1.67. The molecular weight excluding hydrogens is 170 g/mol. The van der Waals surface area contributed by atoms with Crippen molar-refractivity contribution < 1.29 is 4.74 Å². The Labute approximate surface area is 80.4 Å². The Morgan fingerprint density at radius 1 is 1.25 bits per heavy atom. The molecule has 0 spiro atoms. The molecule has 0 saturated carbocycles. The number of ether oxygens (including phenoxy) is 1. The molecule has 0 radical (unpaired) electrons. The molecule has 3 heteroatoms. The predicted molar refractivity (Wildman–Crippen MR) is 57.0 cm³/mol. The summed E-state index contributed by atoms with van der Waals surface area (Å²) in [4.78, 5) is 0. The SMILES string of the molecule is CCCNCCSCCCOC. The summed E-state index contributed by atoms with van der Waals surface area (Å²) in [6.07, 6.45) is 2.41. The van der Waals surface area contributed by atoms with Crippen molar-refractivity contribution in [3.05, 3.63) is 0 Å². The largest absolute Gasteiger partial charge is 0.385 e. The van der Waals surface area contributed by atoms with Crippen molar-refractivity contribution in [1.82, 2.24) is 5.32 Å². The van der Waals surface area contributed by atoms with Crippen molar-refractivity contribution in [3.8, 4) is 0 Å². The van der Waals surface area contributed by atoms with Crippen LogP contribution in [0.5, 0.6) is 0 Å². The number of thioether (sulfide) groups is 1. The zero-order chi connectivity index (χ0) is 9.07. The van der Waals surface area contributed by atoms with Gasteiger partial charge in [0.05, 0.1) is 0 Å². The van der Waals surface area contributed by atoms with Crippen molar-refractivity contribution in [2.75, 3.05) is 38.3 Å². The summed E-state index contributed by atoms with van der Waals surface area (Å²) in [7, 11) is 1.76. The normalized spacial score (nSPS) is 10.5. The molecule has 0 aromatic carbocycles. The molecule has 0 aliphatic heterocycles. The summed E-state index contributed by atoms with van der Waals surface area (Å²) in [5.74, 6) is 2.45. The van der Waals surface area contributed by atoms with Gasteiger partial charge in [-0.2, -0.15) is 11.8 Å². The maximum absolute atomic E-state index is 4.96. The van der Waals surface area contributed by atoms with Crippen LogP contribution in [0.15, 0.2) is 0 Å². The summed E-state index contributed by atoms with van der Waals surface area (Å²) in [5.41, 5.74) is 0. The highest BCUT2D eigenvalue weighted by molar-refractivity contribution is 7.99. The Bertz CT molecular complexity index is 70.9. The Balaban J connectivity index is 2.73. The zero-order valence-electron chi connectivity index (χ0n) is 8.27. The standard InChI is InChI=1S/C9H21NOS/c1-3-5-10-6-9-12-8-4-7-11-2/h10H,3-9H2,1-2H3. The van der Waals surface area contributed by atoms with E-state index in [2.05, 4.69) is 12.2 Å². The van der Waals surface area contributed by atoms with Crippen LogP contribution in [0.2, 0.25) is 0 Å². The van der Waals surface area contributed by atoms with Crippen LogP contribution >= 0.6 is 11.8 Å². The van der Waals surface area contributed by atoms with Gasteiger partial charge in [-0.15, -0.1) is 0 Å². The number of rotatable bonds is 9. The Morgan fingerprint density at radius 2 is 2.08 bits per heavy atom. The van der Waals surface area contributed by atoms with Crippen LogP contribution in [0.25, 0.3) is 0 Å². The minimum atomic E-state index is 0.898. The van der Waals surface area contributed by atoms with Crippen molar-refractivity contribution in [2.24, 2.45) is 0 Å². The Hall–Kier alpha value is 0.270. The van der Waals surface area contributed by atoms with E-state index in [0.717, 1.165) is 19.7 Å². The van der Waals surface area contributed by atoms with E-state index in [1.165, 1.54) is 24.3 Å². The van der Waals surface area contributed by atoms with Gasteiger partial charge in [0.25, 0.3) is 0 Å². The zero-order valence-corrected chi connectivity index (χ0v) is 9.08. The van der Waals surface area contributed by atoms with Crippen LogP contribution < -0.4 is 5.32 Å². The molecular formula is C9H21NOS. The van der Waals surface area contributed by atoms with Gasteiger partial charge < -0.3 is 10.1 Å².